The number of aliphatic hydroxyl groups excluding tert-OH is 2. The maximum atomic E-state index is 10.0. The van der Waals surface area contributed by atoms with Crippen LogP contribution >= 0.6 is 11.3 Å². The Morgan fingerprint density at radius 1 is 1.25 bits per heavy atom. The van der Waals surface area contributed by atoms with Crippen LogP contribution in [-0.2, 0) is 0 Å². The molecule has 0 fully saturated rings. The van der Waals surface area contributed by atoms with Crippen LogP contribution in [-0.4, -0.2) is 22.9 Å². The van der Waals surface area contributed by atoms with Crippen molar-refractivity contribution in [3.05, 3.63) is 35.2 Å². The van der Waals surface area contributed by atoms with E-state index in [0.717, 1.165) is 15.6 Å². The predicted octanol–water partition coefficient (Wildman–Crippen LogP) is 1.64. The number of nitrogens with two attached hydrogens (primary N) is 1. The normalized spacial score (nSPS) is 15.2. The molecule has 0 amide bonds. The van der Waals surface area contributed by atoms with E-state index in [1.807, 2.05) is 29.6 Å². The lowest BCUT2D eigenvalue weighted by Gasteiger charge is -2.18. The van der Waals surface area contributed by atoms with Crippen LogP contribution in [0, 0.1) is 0 Å². The maximum absolute atomic E-state index is 10.0. The Hall–Kier alpha value is -0.940. The molecule has 2 rings (SSSR count). The van der Waals surface area contributed by atoms with E-state index in [0.29, 0.717) is 13.0 Å². The maximum Gasteiger partial charge on any atom is 0.106 e. The van der Waals surface area contributed by atoms with Crippen LogP contribution in [0.15, 0.2) is 29.6 Å². The summed E-state index contributed by atoms with van der Waals surface area (Å²) >= 11 is 1.63. The van der Waals surface area contributed by atoms with Gasteiger partial charge in [0.25, 0.3) is 0 Å². The number of rotatable bonds is 4. The molecule has 0 aliphatic heterocycles. The van der Waals surface area contributed by atoms with Crippen LogP contribution < -0.4 is 5.73 Å². The lowest BCUT2D eigenvalue weighted by Crippen LogP contribution is -2.21. The third kappa shape index (κ3) is 2.10. The molecule has 0 aliphatic rings. The Kier molecular flexibility index (Phi) is 3.56. The van der Waals surface area contributed by atoms with Gasteiger partial charge in [-0.1, -0.05) is 12.1 Å². The number of hydrogen-bond donors (Lipinski definition) is 3. The molecule has 0 spiro atoms. The van der Waals surface area contributed by atoms with Gasteiger partial charge in [-0.3, -0.25) is 0 Å². The molecule has 1 aromatic heterocycles. The summed E-state index contributed by atoms with van der Waals surface area (Å²) in [7, 11) is 0. The molecule has 0 saturated carbocycles. The first-order chi connectivity index (χ1) is 7.74. The molecular weight excluding hydrogens is 222 g/mol. The summed E-state index contributed by atoms with van der Waals surface area (Å²) in [5.74, 6) is 0. The number of thiophene rings is 1. The summed E-state index contributed by atoms with van der Waals surface area (Å²) < 4.78 is 1.12. The Morgan fingerprint density at radius 3 is 2.81 bits per heavy atom. The van der Waals surface area contributed by atoms with Gasteiger partial charge in [-0.2, -0.15) is 0 Å². The highest BCUT2D eigenvalue weighted by Crippen LogP contribution is 2.30. The van der Waals surface area contributed by atoms with Gasteiger partial charge in [0.15, 0.2) is 0 Å². The molecule has 2 unspecified atom stereocenters. The average molecular weight is 237 g/mol. The van der Waals surface area contributed by atoms with Crippen LogP contribution in [0.3, 0.4) is 0 Å². The molecule has 1 aromatic carbocycles. The molecule has 4 N–H and O–H groups in total. The molecule has 0 saturated heterocycles. The third-order valence-corrected chi connectivity index (χ3v) is 3.56. The minimum atomic E-state index is -0.859. The van der Waals surface area contributed by atoms with E-state index in [1.54, 1.807) is 11.3 Å². The summed E-state index contributed by atoms with van der Waals surface area (Å²) in [6.07, 6.45) is -1.25. The van der Waals surface area contributed by atoms with Crippen LogP contribution in [0.2, 0.25) is 0 Å². The zero-order valence-electron chi connectivity index (χ0n) is 8.84. The van der Waals surface area contributed by atoms with Crippen LogP contribution in [0.4, 0.5) is 0 Å². The fourth-order valence-electron chi connectivity index (χ4n) is 1.81. The van der Waals surface area contributed by atoms with Crippen LogP contribution in [0.1, 0.15) is 18.1 Å². The molecular formula is C12H15NO2S. The van der Waals surface area contributed by atoms with E-state index in [1.165, 1.54) is 0 Å². The van der Waals surface area contributed by atoms with Crippen molar-refractivity contribution in [2.75, 3.05) is 6.54 Å². The zero-order chi connectivity index (χ0) is 11.5. The number of hydrogen-bond acceptors (Lipinski definition) is 4. The van der Waals surface area contributed by atoms with Crippen LogP contribution in [0.5, 0.6) is 0 Å². The van der Waals surface area contributed by atoms with Gasteiger partial charge in [-0.05, 0) is 41.4 Å². The van der Waals surface area contributed by atoms with Gasteiger partial charge in [-0.25, -0.2) is 0 Å². The van der Waals surface area contributed by atoms with Gasteiger partial charge in [0.1, 0.15) is 6.10 Å². The fourth-order valence-corrected chi connectivity index (χ4v) is 2.63. The molecule has 4 heteroatoms. The van der Waals surface area contributed by atoms with E-state index < -0.39 is 12.2 Å². The highest BCUT2D eigenvalue weighted by Gasteiger charge is 2.19. The molecule has 0 radical (unpaired) electrons. The van der Waals surface area contributed by atoms with E-state index in [9.17, 15) is 10.2 Å². The van der Waals surface area contributed by atoms with Crippen molar-refractivity contribution in [2.24, 2.45) is 5.73 Å². The van der Waals surface area contributed by atoms with Crippen molar-refractivity contribution in [1.29, 1.82) is 0 Å². The second-order valence-electron chi connectivity index (χ2n) is 3.77. The lowest BCUT2D eigenvalue weighted by atomic mass is 9.99. The smallest absolute Gasteiger partial charge is 0.106 e. The minimum Gasteiger partial charge on any atom is -0.390 e. The van der Waals surface area contributed by atoms with Crippen molar-refractivity contribution >= 4 is 21.4 Å². The van der Waals surface area contributed by atoms with Crippen molar-refractivity contribution in [3.63, 3.8) is 0 Å². The summed E-state index contributed by atoms with van der Waals surface area (Å²) in [5, 5.41) is 22.8. The number of benzene rings is 1. The SMILES string of the molecule is NCCC(O)C(O)c1cccc2sccc12. The number of fused-ring (bicyclic) bond motifs is 1. The molecule has 16 heavy (non-hydrogen) atoms. The zero-order valence-corrected chi connectivity index (χ0v) is 9.65. The van der Waals surface area contributed by atoms with Gasteiger partial charge in [0.2, 0.25) is 0 Å². The molecule has 86 valence electrons. The Balaban J connectivity index is 2.35. The van der Waals surface area contributed by atoms with Gasteiger partial charge < -0.3 is 15.9 Å². The van der Waals surface area contributed by atoms with Crippen molar-refractivity contribution in [3.8, 4) is 0 Å². The van der Waals surface area contributed by atoms with Crippen molar-refractivity contribution < 1.29 is 10.2 Å². The molecule has 0 aliphatic carbocycles. The highest BCUT2D eigenvalue weighted by atomic mass is 32.1. The van der Waals surface area contributed by atoms with Gasteiger partial charge in [0.05, 0.1) is 6.10 Å². The first kappa shape index (κ1) is 11.5. The quantitative estimate of drug-likeness (QED) is 0.757. The summed E-state index contributed by atoms with van der Waals surface area (Å²) in [4.78, 5) is 0. The van der Waals surface area contributed by atoms with E-state index in [4.69, 9.17) is 5.73 Å². The molecule has 2 aromatic rings. The monoisotopic (exact) mass is 237 g/mol. The summed E-state index contributed by atoms with van der Waals surface area (Å²) in [5.41, 5.74) is 6.15. The topological polar surface area (TPSA) is 66.5 Å². The second kappa shape index (κ2) is 4.93. The predicted molar refractivity (Wildman–Crippen MR) is 66.5 cm³/mol. The molecule has 1 heterocycles. The first-order valence-corrected chi connectivity index (χ1v) is 6.14. The molecule has 3 nitrogen and oxygen atoms in total. The van der Waals surface area contributed by atoms with Gasteiger partial charge in [-0.15, -0.1) is 11.3 Å². The minimum absolute atomic E-state index is 0.373. The average Bonchev–Trinajstić information content (AvgIpc) is 2.76. The summed E-state index contributed by atoms with van der Waals surface area (Å²) in [6, 6.07) is 7.71. The van der Waals surface area contributed by atoms with E-state index in [2.05, 4.69) is 0 Å². The lowest BCUT2D eigenvalue weighted by molar-refractivity contribution is 0.0159. The van der Waals surface area contributed by atoms with E-state index in [-0.39, 0.29) is 0 Å². The van der Waals surface area contributed by atoms with Crippen molar-refractivity contribution in [2.45, 2.75) is 18.6 Å². The second-order valence-corrected chi connectivity index (χ2v) is 4.72. The Bertz CT molecular complexity index is 469. The summed E-state index contributed by atoms with van der Waals surface area (Å²) in [6.45, 7) is 0.373. The number of aliphatic hydroxyl groups is 2. The Morgan fingerprint density at radius 2 is 2.06 bits per heavy atom. The Labute approximate surface area is 98.1 Å². The highest BCUT2D eigenvalue weighted by molar-refractivity contribution is 7.17. The largest absolute Gasteiger partial charge is 0.390 e. The molecule has 2 atom stereocenters. The van der Waals surface area contributed by atoms with Gasteiger partial charge >= 0.3 is 0 Å². The third-order valence-electron chi connectivity index (χ3n) is 2.68. The van der Waals surface area contributed by atoms with Crippen LogP contribution in [0.25, 0.3) is 10.1 Å². The van der Waals surface area contributed by atoms with Gasteiger partial charge in [0, 0.05) is 4.70 Å². The van der Waals surface area contributed by atoms with Crippen molar-refractivity contribution in [1.82, 2.24) is 0 Å². The molecule has 0 bridgehead atoms. The first-order valence-electron chi connectivity index (χ1n) is 5.26. The van der Waals surface area contributed by atoms with E-state index >= 15 is 0 Å². The standard InChI is InChI=1S/C12H15NO2S/c13-6-4-10(14)12(15)9-2-1-3-11-8(9)5-7-16-11/h1-3,5,7,10,12,14-15H,4,6,13H2. The fraction of sp³-hybridized carbons (Fsp3) is 0.333.